The summed E-state index contributed by atoms with van der Waals surface area (Å²) < 4.78 is 10.5. The molecule has 25 heavy (non-hydrogen) atoms. The van der Waals surface area contributed by atoms with Gasteiger partial charge in [-0.2, -0.15) is 0 Å². The van der Waals surface area contributed by atoms with Crippen LogP contribution < -0.4 is 9.47 Å². The highest BCUT2D eigenvalue weighted by atomic mass is 16.5. The summed E-state index contributed by atoms with van der Waals surface area (Å²) in [5.74, 6) is 1.57. The van der Waals surface area contributed by atoms with Crippen molar-refractivity contribution in [1.82, 2.24) is 9.80 Å². The second-order valence-corrected chi connectivity index (χ2v) is 6.69. The average molecular weight is 348 g/mol. The van der Waals surface area contributed by atoms with Gasteiger partial charge in [-0.25, -0.2) is 0 Å². The van der Waals surface area contributed by atoms with E-state index in [1.54, 1.807) is 37.3 Å². The Hall–Kier alpha value is -2.24. The van der Waals surface area contributed by atoms with Crippen LogP contribution in [0.25, 0.3) is 0 Å². The van der Waals surface area contributed by atoms with Crippen molar-refractivity contribution in [3.63, 3.8) is 0 Å². The van der Waals surface area contributed by atoms with Crippen molar-refractivity contribution >= 4 is 11.8 Å². The predicted octanol–water partition coefficient (Wildman–Crippen LogP) is 2.42. The second kappa shape index (κ2) is 8.74. The van der Waals surface area contributed by atoms with E-state index in [9.17, 15) is 9.59 Å². The summed E-state index contributed by atoms with van der Waals surface area (Å²) in [6, 6.07) is 5.21. The Morgan fingerprint density at radius 1 is 1.04 bits per heavy atom. The molecule has 2 rings (SSSR count). The normalized spacial score (nSPS) is 15.1. The van der Waals surface area contributed by atoms with Crippen LogP contribution in [0.4, 0.5) is 0 Å². The first-order valence-corrected chi connectivity index (χ1v) is 8.75. The van der Waals surface area contributed by atoms with Gasteiger partial charge in [-0.05, 0) is 30.5 Å². The summed E-state index contributed by atoms with van der Waals surface area (Å²) in [5.41, 5.74) is 0.490. The van der Waals surface area contributed by atoms with Gasteiger partial charge in [0, 0.05) is 32.6 Å². The van der Waals surface area contributed by atoms with E-state index in [0.29, 0.717) is 55.6 Å². The fourth-order valence-electron chi connectivity index (χ4n) is 3.00. The number of ether oxygens (including phenoxy) is 2. The highest BCUT2D eigenvalue weighted by Gasteiger charge is 2.25. The van der Waals surface area contributed by atoms with Gasteiger partial charge >= 0.3 is 0 Å². The minimum atomic E-state index is -0.0890. The fraction of sp³-hybridized carbons (Fsp3) is 0.579. The summed E-state index contributed by atoms with van der Waals surface area (Å²) in [4.78, 5) is 28.9. The van der Waals surface area contributed by atoms with Crippen LogP contribution in [0.15, 0.2) is 18.2 Å². The largest absolute Gasteiger partial charge is 0.497 e. The van der Waals surface area contributed by atoms with Crippen molar-refractivity contribution in [2.45, 2.75) is 26.7 Å². The van der Waals surface area contributed by atoms with Crippen molar-refractivity contribution in [3.05, 3.63) is 23.8 Å². The van der Waals surface area contributed by atoms with Crippen molar-refractivity contribution in [2.75, 3.05) is 40.4 Å². The topological polar surface area (TPSA) is 59.1 Å². The number of hydrogen-bond donors (Lipinski definition) is 0. The molecule has 6 nitrogen and oxygen atoms in total. The lowest BCUT2D eigenvalue weighted by atomic mass is 10.1. The summed E-state index contributed by atoms with van der Waals surface area (Å²) in [5, 5.41) is 0. The molecule has 0 aliphatic carbocycles. The number of carbonyl (C=O) groups is 2. The van der Waals surface area contributed by atoms with E-state index in [1.807, 2.05) is 18.7 Å². The number of rotatable bonds is 5. The van der Waals surface area contributed by atoms with Gasteiger partial charge in [0.1, 0.15) is 11.5 Å². The molecular weight excluding hydrogens is 320 g/mol. The van der Waals surface area contributed by atoms with Crippen molar-refractivity contribution in [2.24, 2.45) is 5.92 Å². The first kappa shape index (κ1) is 19.1. The molecule has 1 aromatic carbocycles. The Balaban J connectivity index is 2.09. The third-order valence-corrected chi connectivity index (χ3v) is 4.36. The molecule has 1 aromatic rings. The van der Waals surface area contributed by atoms with Crippen LogP contribution in [-0.4, -0.2) is 62.0 Å². The van der Waals surface area contributed by atoms with Crippen LogP contribution in [0.1, 0.15) is 37.0 Å². The van der Waals surface area contributed by atoms with E-state index in [2.05, 4.69) is 0 Å². The Bertz CT molecular complexity index is 615. The minimum absolute atomic E-state index is 0.0890. The van der Waals surface area contributed by atoms with Crippen molar-refractivity contribution in [3.8, 4) is 11.5 Å². The van der Waals surface area contributed by atoms with Crippen LogP contribution in [0.5, 0.6) is 11.5 Å². The van der Waals surface area contributed by atoms with E-state index in [4.69, 9.17) is 9.47 Å². The molecule has 2 amide bonds. The van der Waals surface area contributed by atoms with Gasteiger partial charge in [0.15, 0.2) is 0 Å². The second-order valence-electron chi connectivity index (χ2n) is 6.69. The third-order valence-electron chi connectivity index (χ3n) is 4.36. The number of benzene rings is 1. The molecular formula is C19H28N2O4. The molecule has 1 aliphatic rings. The lowest BCUT2D eigenvalue weighted by Gasteiger charge is -2.23. The van der Waals surface area contributed by atoms with E-state index in [0.717, 1.165) is 6.42 Å². The van der Waals surface area contributed by atoms with Crippen LogP contribution in [-0.2, 0) is 4.79 Å². The lowest BCUT2D eigenvalue weighted by molar-refractivity contribution is -0.131. The highest BCUT2D eigenvalue weighted by Crippen LogP contribution is 2.25. The minimum Gasteiger partial charge on any atom is -0.497 e. The van der Waals surface area contributed by atoms with Gasteiger partial charge in [0.2, 0.25) is 5.91 Å². The van der Waals surface area contributed by atoms with E-state index in [-0.39, 0.29) is 11.8 Å². The number of methoxy groups -OCH3 is 2. The van der Waals surface area contributed by atoms with Gasteiger partial charge in [-0.1, -0.05) is 13.8 Å². The maximum Gasteiger partial charge on any atom is 0.257 e. The Labute approximate surface area is 149 Å². The molecule has 0 bridgehead atoms. The number of carbonyl (C=O) groups excluding carboxylic acids is 2. The zero-order valence-corrected chi connectivity index (χ0v) is 15.6. The molecule has 1 saturated heterocycles. The molecule has 1 aliphatic heterocycles. The monoisotopic (exact) mass is 348 g/mol. The molecule has 0 unspecified atom stereocenters. The van der Waals surface area contributed by atoms with E-state index in [1.165, 1.54) is 0 Å². The Morgan fingerprint density at radius 2 is 1.72 bits per heavy atom. The number of nitrogens with zero attached hydrogens (tertiary/aromatic N) is 2. The van der Waals surface area contributed by atoms with Gasteiger partial charge in [0.05, 0.1) is 19.8 Å². The molecule has 1 heterocycles. The smallest absolute Gasteiger partial charge is 0.257 e. The Kier molecular flexibility index (Phi) is 6.67. The molecule has 6 heteroatoms. The van der Waals surface area contributed by atoms with Crippen molar-refractivity contribution < 1.29 is 19.1 Å². The van der Waals surface area contributed by atoms with Gasteiger partial charge < -0.3 is 19.3 Å². The first-order valence-electron chi connectivity index (χ1n) is 8.75. The SMILES string of the molecule is COc1ccc(OC)c(C(=O)N2CCCN(C(=O)CC(C)C)CC2)c1. The number of hydrogen-bond acceptors (Lipinski definition) is 4. The van der Waals surface area contributed by atoms with Crippen LogP contribution in [0, 0.1) is 5.92 Å². The van der Waals surface area contributed by atoms with Crippen LogP contribution in [0.2, 0.25) is 0 Å². The molecule has 0 radical (unpaired) electrons. The zero-order valence-electron chi connectivity index (χ0n) is 15.6. The molecule has 0 atom stereocenters. The summed E-state index contributed by atoms with van der Waals surface area (Å²) in [6.45, 7) is 6.52. The van der Waals surface area contributed by atoms with Gasteiger partial charge in [-0.3, -0.25) is 9.59 Å². The summed E-state index contributed by atoms with van der Waals surface area (Å²) >= 11 is 0. The standard InChI is InChI=1S/C19H28N2O4/c1-14(2)12-18(22)20-8-5-9-21(11-10-20)19(23)16-13-15(24-3)6-7-17(16)25-4/h6-7,13-14H,5,8-12H2,1-4H3. The average Bonchev–Trinajstić information content (AvgIpc) is 2.86. The molecule has 0 spiro atoms. The lowest BCUT2D eigenvalue weighted by Crippen LogP contribution is -2.37. The molecule has 1 fully saturated rings. The molecule has 138 valence electrons. The Morgan fingerprint density at radius 3 is 2.36 bits per heavy atom. The maximum absolute atomic E-state index is 12.9. The first-order chi connectivity index (χ1) is 12.0. The van der Waals surface area contributed by atoms with Gasteiger partial charge in [-0.15, -0.1) is 0 Å². The third kappa shape index (κ3) is 4.87. The summed E-state index contributed by atoms with van der Waals surface area (Å²) in [6.07, 6.45) is 1.33. The fourth-order valence-corrected chi connectivity index (χ4v) is 3.00. The van der Waals surface area contributed by atoms with Crippen LogP contribution >= 0.6 is 0 Å². The molecule has 0 aromatic heterocycles. The van der Waals surface area contributed by atoms with E-state index >= 15 is 0 Å². The maximum atomic E-state index is 12.9. The zero-order chi connectivity index (χ0) is 18.4. The quantitative estimate of drug-likeness (QED) is 0.820. The van der Waals surface area contributed by atoms with Gasteiger partial charge in [0.25, 0.3) is 5.91 Å². The van der Waals surface area contributed by atoms with Crippen LogP contribution in [0.3, 0.4) is 0 Å². The van der Waals surface area contributed by atoms with E-state index < -0.39 is 0 Å². The predicted molar refractivity (Wildman–Crippen MR) is 96.1 cm³/mol. The van der Waals surface area contributed by atoms with Crippen molar-refractivity contribution in [1.29, 1.82) is 0 Å². The highest BCUT2D eigenvalue weighted by molar-refractivity contribution is 5.97. The number of amides is 2. The summed E-state index contributed by atoms with van der Waals surface area (Å²) in [7, 11) is 3.12. The molecule has 0 N–H and O–H groups in total. The molecule has 0 saturated carbocycles.